The number of nitrogens with two attached hydrogens (primary N) is 1. The van der Waals surface area contributed by atoms with Gasteiger partial charge < -0.3 is 5.73 Å². The fraction of sp³-hybridized carbons (Fsp3) is 1.00. The van der Waals surface area contributed by atoms with Crippen LogP contribution in [0.2, 0.25) is 0 Å². The van der Waals surface area contributed by atoms with Crippen molar-refractivity contribution >= 4 is 11.6 Å². The predicted octanol–water partition coefficient (Wildman–Crippen LogP) is 1.60. The Hall–Kier alpha value is 0.250. The van der Waals surface area contributed by atoms with Crippen molar-refractivity contribution in [2.45, 2.75) is 19.3 Å². The summed E-state index contributed by atoms with van der Waals surface area (Å²) >= 11 is 5.73. The van der Waals surface area contributed by atoms with Crippen LogP contribution in [0.5, 0.6) is 0 Å². The first-order valence-corrected chi connectivity index (χ1v) is 4.18. The predicted molar refractivity (Wildman–Crippen MR) is 40.6 cm³/mol. The summed E-state index contributed by atoms with van der Waals surface area (Å²) in [6, 6.07) is 0. The van der Waals surface area contributed by atoms with E-state index >= 15 is 0 Å². The topological polar surface area (TPSA) is 26.0 Å². The van der Waals surface area contributed by atoms with Crippen LogP contribution in [-0.2, 0) is 0 Å². The Bertz CT molecular complexity index is 75.0. The molecule has 0 aliphatic heterocycles. The lowest BCUT2D eigenvalue weighted by atomic mass is 9.99. The maximum atomic E-state index is 5.73. The molecule has 2 N–H and O–H groups in total. The van der Waals surface area contributed by atoms with E-state index in [9.17, 15) is 0 Å². The summed E-state index contributed by atoms with van der Waals surface area (Å²) in [5.41, 5.74) is 5.54. The first-order chi connectivity index (χ1) is 4.38. The zero-order chi connectivity index (χ0) is 6.69. The summed E-state index contributed by atoms with van der Waals surface area (Å²) in [6.07, 6.45) is 3.93. The Morgan fingerprint density at radius 2 is 2.00 bits per heavy atom. The molecule has 1 saturated carbocycles. The summed E-state index contributed by atoms with van der Waals surface area (Å²) < 4.78 is 0. The van der Waals surface area contributed by atoms with E-state index in [1.54, 1.807) is 0 Å². The molecule has 0 bridgehead atoms. The molecule has 0 spiro atoms. The van der Waals surface area contributed by atoms with Gasteiger partial charge in [-0.1, -0.05) is 6.42 Å². The van der Waals surface area contributed by atoms with Crippen LogP contribution < -0.4 is 5.73 Å². The van der Waals surface area contributed by atoms with Crippen molar-refractivity contribution in [3.63, 3.8) is 0 Å². The molecule has 1 fully saturated rings. The Balaban J connectivity index is 2.32. The highest BCUT2D eigenvalue weighted by Crippen LogP contribution is 2.31. The molecule has 1 aliphatic rings. The highest BCUT2D eigenvalue weighted by Gasteiger charge is 2.24. The molecular formula is C7H14ClN. The third-order valence-electron chi connectivity index (χ3n) is 2.32. The minimum absolute atomic E-state index is 0.719. The van der Waals surface area contributed by atoms with Crippen molar-refractivity contribution < 1.29 is 0 Å². The quantitative estimate of drug-likeness (QED) is 0.590. The SMILES string of the molecule is NCC1CCCC1CCl. The third kappa shape index (κ3) is 1.59. The standard InChI is InChI=1S/C7H14ClN/c8-4-6-2-1-3-7(6)5-9/h6-7H,1-5,9H2. The first-order valence-electron chi connectivity index (χ1n) is 3.64. The highest BCUT2D eigenvalue weighted by molar-refractivity contribution is 6.18. The molecule has 2 unspecified atom stereocenters. The summed E-state index contributed by atoms with van der Waals surface area (Å²) in [5, 5.41) is 0. The van der Waals surface area contributed by atoms with E-state index in [-0.39, 0.29) is 0 Å². The van der Waals surface area contributed by atoms with Gasteiger partial charge >= 0.3 is 0 Å². The molecule has 0 aromatic rings. The average molecular weight is 148 g/mol. The lowest BCUT2D eigenvalue weighted by Gasteiger charge is -2.13. The van der Waals surface area contributed by atoms with Gasteiger partial charge in [0.15, 0.2) is 0 Å². The number of alkyl halides is 1. The minimum Gasteiger partial charge on any atom is -0.330 e. The first kappa shape index (κ1) is 7.36. The zero-order valence-electron chi connectivity index (χ0n) is 5.65. The van der Waals surface area contributed by atoms with Crippen LogP contribution in [0.15, 0.2) is 0 Å². The Morgan fingerprint density at radius 3 is 2.44 bits per heavy atom. The highest BCUT2D eigenvalue weighted by atomic mass is 35.5. The van der Waals surface area contributed by atoms with Gasteiger partial charge in [0.05, 0.1) is 0 Å². The fourth-order valence-corrected chi connectivity index (χ4v) is 2.03. The van der Waals surface area contributed by atoms with Crippen molar-refractivity contribution in [1.29, 1.82) is 0 Å². The minimum atomic E-state index is 0.719. The van der Waals surface area contributed by atoms with Gasteiger partial charge in [0, 0.05) is 5.88 Å². The van der Waals surface area contributed by atoms with Crippen LogP contribution in [-0.4, -0.2) is 12.4 Å². The number of hydrogen-bond acceptors (Lipinski definition) is 1. The fourth-order valence-electron chi connectivity index (χ4n) is 1.63. The van der Waals surface area contributed by atoms with E-state index in [0.717, 1.165) is 24.3 Å². The summed E-state index contributed by atoms with van der Waals surface area (Å²) in [6.45, 7) is 0.831. The second-order valence-electron chi connectivity index (χ2n) is 2.84. The Morgan fingerprint density at radius 1 is 1.33 bits per heavy atom. The summed E-state index contributed by atoms with van der Waals surface area (Å²) in [4.78, 5) is 0. The second-order valence-corrected chi connectivity index (χ2v) is 3.15. The molecule has 2 heteroatoms. The number of halogens is 1. The van der Waals surface area contributed by atoms with Gasteiger partial charge in [0.25, 0.3) is 0 Å². The molecule has 1 nitrogen and oxygen atoms in total. The van der Waals surface area contributed by atoms with Gasteiger partial charge in [-0.3, -0.25) is 0 Å². The molecule has 0 amide bonds. The Labute approximate surface area is 61.6 Å². The second kappa shape index (κ2) is 3.43. The van der Waals surface area contributed by atoms with Crippen LogP contribution in [0.4, 0.5) is 0 Å². The van der Waals surface area contributed by atoms with Crippen molar-refractivity contribution in [3.05, 3.63) is 0 Å². The lowest BCUT2D eigenvalue weighted by Crippen LogP contribution is -2.19. The van der Waals surface area contributed by atoms with E-state index < -0.39 is 0 Å². The van der Waals surface area contributed by atoms with E-state index in [4.69, 9.17) is 17.3 Å². The largest absolute Gasteiger partial charge is 0.330 e. The molecule has 54 valence electrons. The smallest absolute Gasteiger partial charge is 0.0254 e. The van der Waals surface area contributed by atoms with Gasteiger partial charge in [0.2, 0.25) is 0 Å². The lowest BCUT2D eigenvalue weighted by molar-refractivity contribution is 0.434. The van der Waals surface area contributed by atoms with Gasteiger partial charge in [0.1, 0.15) is 0 Å². The molecule has 0 heterocycles. The van der Waals surface area contributed by atoms with Crippen molar-refractivity contribution in [2.75, 3.05) is 12.4 Å². The van der Waals surface area contributed by atoms with Gasteiger partial charge in [-0.25, -0.2) is 0 Å². The summed E-state index contributed by atoms with van der Waals surface area (Å²) in [7, 11) is 0. The zero-order valence-corrected chi connectivity index (χ0v) is 6.40. The molecule has 0 aromatic carbocycles. The maximum absolute atomic E-state index is 5.73. The molecule has 2 atom stereocenters. The normalized spacial score (nSPS) is 35.3. The summed E-state index contributed by atoms with van der Waals surface area (Å²) in [5.74, 6) is 2.25. The van der Waals surface area contributed by atoms with E-state index in [2.05, 4.69) is 0 Å². The molecule has 1 aliphatic carbocycles. The van der Waals surface area contributed by atoms with E-state index in [1.807, 2.05) is 0 Å². The number of rotatable bonds is 2. The number of hydrogen-bond donors (Lipinski definition) is 1. The van der Waals surface area contributed by atoms with Crippen molar-refractivity contribution in [3.8, 4) is 0 Å². The van der Waals surface area contributed by atoms with Gasteiger partial charge in [-0.05, 0) is 31.2 Å². The van der Waals surface area contributed by atoms with Crippen LogP contribution in [0.1, 0.15) is 19.3 Å². The van der Waals surface area contributed by atoms with E-state index in [1.165, 1.54) is 19.3 Å². The van der Waals surface area contributed by atoms with Crippen molar-refractivity contribution in [2.24, 2.45) is 17.6 Å². The Kier molecular flexibility index (Phi) is 2.80. The molecular weight excluding hydrogens is 134 g/mol. The molecule has 0 aromatic heterocycles. The molecule has 9 heavy (non-hydrogen) atoms. The van der Waals surface area contributed by atoms with Crippen LogP contribution in [0.25, 0.3) is 0 Å². The maximum Gasteiger partial charge on any atom is 0.0254 e. The van der Waals surface area contributed by atoms with Gasteiger partial charge in [-0.15, -0.1) is 11.6 Å². The molecule has 0 radical (unpaired) electrons. The van der Waals surface area contributed by atoms with Gasteiger partial charge in [-0.2, -0.15) is 0 Å². The average Bonchev–Trinajstić information content (AvgIpc) is 2.33. The van der Waals surface area contributed by atoms with Crippen LogP contribution in [0, 0.1) is 11.8 Å². The molecule has 1 rings (SSSR count). The van der Waals surface area contributed by atoms with Crippen LogP contribution >= 0.6 is 11.6 Å². The van der Waals surface area contributed by atoms with Crippen molar-refractivity contribution in [1.82, 2.24) is 0 Å². The molecule has 0 saturated heterocycles. The monoisotopic (exact) mass is 147 g/mol. The third-order valence-corrected chi connectivity index (χ3v) is 2.71. The van der Waals surface area contributed by atoms with Crippen LogP contribution in [0.3, 0.4) is 0 Å². The van der Waals surface area contributed by atoms with E-state index in [0.29, 0.717) is 0 Å².